The highest BCUT2D eigenvalue weighted by molar-refractivity contribution is 6.29. The van der Waals surface area contributed by atoms with Crippen molar-refractivity contribution in [2.45, 2.75) is 6.18 Å². The number of halogens is 4. The van der Waals surface area contributed by atoms with Crippen LogP contribution in [-0.4, -0.2) is 4.98 Å². The number of nitrogens with zero attached hydrogens (tertiary/aromatic N) is 1. The summed E-state index contributed by atoms with van der Waals surface area (Å²) in [4.78, 5) is 3.97. The van der Waals surface area contributed by atoms with Gasteiger partial charge in [0.25, 0.3) is 0 Å². The van der Waals surface area contributed by atoms with Gasteiger partial charge in [-0.25, -0.2) is 4.98 Å². The molecule has 2 nitrogen and oxygen atoms in total. The number of rotatable bonds is 2. The van der Waals surface area contributed by atoms with Crippen molar-refractivity contribution in [3.05, 3.63) is 53.2 Å². The van der Waals surface area contributed by atoms with Gasteiger partial charge in [-0.15, -0.1) is 0 Å². The smallest absolute Gasteiger partial charge is 0.340 e. The van der Waals surface area contributed by atoms with Crippen LogP contribution < -0.4 is 5.32 Å². The molecule has 0 amide bonds. The maximum absolute atomic E-state index is 12.3. The quantitative estimate of drug-likeness (QED) is 0.814. The first-order valence-electron chi connectivity index (χ1n) is 5.02. The molecule has 1 aromatic heterocycles. The monoisotopic (exact) mass is 272 g/mol. The lowest BCUT2D eigenvalue weighted by atomic mass is 10.2. The average Bonchev–Trinajstić information content (AvgIpc) is 2.28. The highest BCUT2D eigenvalue weighted by Crippen LogP contribution is 2.30. The van der Waals surface area contributed by atoms with Crippen LogP contribution in [-0.2, 0) is 6.18 Å². The van der Waals surface area contributed by atoms with E-state index in [4.69, 9.17) is 11.6 Å². The largest absolute Gasteiger partial charge is 0.416 e. The lowest BCUT2D eigenvalue weighted by Crippen LogP contribution is -2.04. The third-order valence-corrected chi connectivity index (χ3v) is 2.41. The zero-order valence-corrected chi connectivity index (χ0v) is 9.76. The van der Waals surface area contributed by atoms with Crippen molar-refractivity contribution in [1.82, 2.24) is 4.98 Å². The number of hydrogen-bond acceptors (Lipinski definition) is 2. The molecule has 1 aromatic carbocycles. The molecule has 0 aliphatic heterocycles. The average molecular weight is 273 g/mol. The van der Waals surface area contributed by atoms with Gasteiger partial charge in [-0.2, -0.15) is 13.2 Å². The molecule has 0 radical (unpaired) electrons. The van der Waals surface area contributed by atoms with Crippen molar-refractivity contribution in [2.75, 3.05) is 5.32 Å². The Bertz CT molecular complexity index is 538. The molecule has 0 saturated heterocycles. The number of pyridine rings is 1. The maximum atomic E-state index is 12.3. The van der Waals surface area contributed by atoms with E-state index < -0.39 is 11.7 Å². The third-order valence-electron chi connectivity index (χ3n) is 2.20. The van der Waals surface area contributed by atoms with Crippen LogP contribution in [0.25, 0.3) is 0 Å². The summed E-state index contributed by atoms with van der Waals surface area (Å²) in [6.45, 7) is 0. The number of aromatic nitrogens is 1. The van der Waals surface area contributed by atoms with Gasteiger partial charge in [0, 0.05) is 5.69 Å². The van der Waals surface area contributed by atoms with E-state index in [-0.39, 0.29) is 0 Å². The van der Waals surface area contributed by atoms with Gasteiger partial charge in [-0.1, -0.05) is 17.7 Å². The van der Waals surface area contributed by atoms with Gasteiger partial charge in [0.2, 0.25) is 0 Å². The molecule has 18 heavy (non-hydrogen) atoms. The molecular weight excluding hydrogens is 265 g/mol. The molecule has 0 saturated carbocycles. The van der Waals surface area contributed by atoms with Crippen molar-refractivity contribution < 1.29 is 13.2 Å². The van der Waals surface area contributed by atoms with E-state index in [0.717, 1.165) is 12.1 Å². The second kappa shape index (κ2) is 4.86. The first-order valence-corrected chi connectivity index (χ1v) is 5.40. The molecule has 0 fully saturated rings. The lowest BCUT2D eigenvalue weighted by Gasteiger charge is -2.09. The summed E-state index contributed by atoms with van der Waals surface area (Å²) in [6, 6.07) is 9.67. The van der Waals surface area contributed by atoms with Crippen molar-refractivity contribution in [3.63, 3.8) is 0 Å². The van der Waals surface area contributed by atoms with Gasteiger partial charge >= 0.3 is 6.18 Å². The first kappa shape index (κ1) is 12.7. The minimum atomic E-state index is -4.33. The molecular formula is C12H8ClF3N2. The van der Waals surface area contributed by atoms with E-state index in [9.17, 15) is 13.2 Å². The topological polar surface area (TPSA) is 24.9 Å². The molecule has 1 heterocycles. The van der Waals surface area contributed by atoms with Crippen molar-refractivity contribution >= 4 is 23.1 Å². The van der Waals surface area contributed by atoms with Gasteiger partial charge in [0.05, 0.1) is 5.56 Å². The minimum absolute atomic E-state index is 0.312. The Morgan fingerprint density at radius 2 is 1.67 bits per heavy atom. The Morgan fingerprint density at radius 3 is 2.22 bits per heavy atom. The fourth-order valence-corrected chi connectivity index (χ4v) is 1.53. The Labute approximate surface area is 106 Å². The van der Waals surface area contributed by atoms with Crippen molar-refractivity contribution in [2.24, 2.45) is 0 Å². The summed E-state index contributed by atoms with van der Waals surface area (Å²) >= 11 is 5.70. The summed E-state index contributed by atoms with van der Waals surface area (Å²) < 4.78 is 37.0. The maximum Gasteiger partial charge on any atom is 0.416 e. The van der Waals surface area contributed by atoms with Gasteiger partial charge in [0.15, 0.2) is 0 Å². The summed E-state index contributed by atoms with van der Waals surface area (Å²) in [5, 5.41) is 3.17. The van der Waals surface area contributed by atoms with Crippen LogP contribution in [0.4, 0.5) is 24.7 Å². The highest BCUT2D eigenvalue weighted by Gasteiger charge is 2.29. The van der Waals surface area contributed by atoms with Crippen LogP contribution >= 0.6 is 11.6 Å². The minimum Gasteiger partial charge on any atom is -0.340 e. The van der Waals surface area contributed by atoms with Gasteiger partial charge in [-0.3, -0.25) is 0 Å². The first-order chi connectivity index (χ1) is 8.45. The van der Waals surface area contributed by atoms with Crippen LogP contribution in [0, 0.1) is 0 Å². The van der Waals surface area contributed by atoms with Gasteiger partial charge < -0.3 is 5.32 Å². The third kappa shape index (κ3) is 3.13. The molecule has 2 aromatic rings. The molecule has 6 heteroatoms. The Hall–Kier alpha value is -1.75. The Kier molecular flexibility index (Phi) is 3.43. The molecule has 0 aliphatic rings. The summed E-state index contributed by atoms with van der Waals surface area (Å²) in [6.07, 6.45) is -4.33. The van der Waals surface area contributed by atoms with E-state index in [1.807, 2.05) is 0 Å². The predicted molar refractivity (Wildman–Crippen MR) is 64.0 cm³/mol. The normalized spacial score (nSPS) is 11.3. The molecule has 0 aliphatic carbocycles. The van der Waals surface area contributed by atoms with E-state index in [1.165, 1.54) is 12.1 Å². The SMILES string of the molecule is FC(F)(F)c1ccc(Nc2cccc(Cl)n2)cc1. The number of benzene rings is 1. The van der Waals surface area contributed by atoms with E-state index >= 15 is 0 Å². The van der Waals surface area contributed by atoms with Crippen molar-refractivity contribution in [1.29, 1.82) is 0 Å². The molecule has 0 spiro atoms. The Balaban J connectivity index is 2.16. The number of nitrogens with one attached hydrogen (secondary N) is 1. The van der Waals surface area contributed by atoms with E-state index in [2.05, 4.69) is 10.3 Å². The van der Waals surface area contributed by atoms with Crippen LogP contribution in [0.3, 0.4) is 0 Å². The van der Waals surface area contributed by atoms with E-state index in [0.29, 0.717) is 16.7 Å². The number of anilines is 2. The number of alkyl halides is 3. The number of hydrogen-bond donors (Lipinski definition) is 1. The highest BCUT2D eigenvalue weighted by atomic mass is 35.5. The molecule has 0 atom stereocenters. The lowest BCUT2D eigenvalue weighted by molar-refractivity contribution is -0.137. The summed E-state index contributed by atoms with van der Waals surface area (Å²) in [7, 11) is 0. The molecule has 0 unspecified atom stereocenters. The zero-order chi connectivity index (χ0) is 13.2. The predicted octanol–water partition coefficient (Wildman–Crippen LogP) is 4.50. The molecule has 94 valence electrons. The van der Waals surface area contributed by atoms with Crippen LogP contribution in [0.2, 0.25) is 5.15 Å². The fraction of sp³-hybridized carbons (Fsp3) is 0.0833. The fourth-order valence-electron chi connectivity index (χ4n) is 1.37. The van der Waals surface area contributed by atoms with Crippen LogP contribution in [0.5, 0.6) is 0 Å². The van der Waals surface area contributed by atoms with Gasteiger partial charge in [-0.05, 0) is 36.4 Å². The van der Waals surface area contributed by atoms with Crippen LogP contribution in [0.15, 0.2) is 42.5 Å². The second-order valence-corrected chi connectivity index (χ2v) is 3.93. The summed E-state index contributed by atoms with van der Waals surface area (Å²) in [5.41, 5.74) is -0.176. The zero-order valence-electron chi connectivity index (χ0n) is 9.00. The Morgan fingerprint density at radius 1 is 1.00 bits per heavy atom. The van der Waals surface area contributed by atoms with Crippen LogP contribution in [0.1, 0.15) is 5.56 Å². The van der Waals surface area contributed by atoms with Gasteiger partial charge in [0.1, 0.15) is 11.0 Å². The summed E-state index contributed by atoms with van der Waals surface area (Å²) in [5.74, 6) is 0.474. The molecule has 2 rings (SSSR count). The molecule has 0 bridgehead atoms. The van der Waals surface area contributed by atoms with Crippen molar-refractivity contribution in [3.8, 4) is 0 Å². The standard InChI is InChI=1S/C12H8ClF3N2/c13-10-2-1-3-11(18-10)17-9-6-4-8(5-7-9)12(14,15)16/h1-7H,(H,17,18). The molecule has 1 N–H and O–H groups in total. The van der Waals surface area contributed by atoms with E-state index in [1.54, 1.807) is 18.2 Å². The second-order valence-electron chi connectivity index (χ2n) is 3.55.